The number of rotatable bonds is 7. The minimum absolute atomic E-state index is 0.0352. The van der Waals surface area contributed by atoms with Crippen LogP contribution in [0.5, 0.6) is 5.75 Å². The second-order valence-corrected chi connectivity index (χ2v) is 7.26. The molecule has 1 atom stereocenters. The van der Waals surface area contributed by atoms with Crippen LogP contribution in [0.4, 0.5) is 5.69 Å². The molecular formula is C24H27N3O3. The largest absolute Gasteiger partial charge is 0.494 e. The molecule has 0 aromatic heterocycles. The van der Waals surface area contributed by atoms with Crippen LogP contribution < -0.4 is 9.64 Å². The fourth-order valence-corrected chi connectivity index (χ4v) is 3.97. The Bertz CT molecular complexity index is 933. The van der Waals surface area contributed by atoms with Gasteiger partial charge in [0.2, 0.25) is 11.8 Å². The summed E-state index contributed by atoms with van der Waals surface area (Å²) in [6.07, 6.45) is 1.20. The Kier molecular flexibility index (Phi) is 7.08. The van der Waals surface area contributed by atoms with Crippen molar-refractivity contribution >= 4 is 17.5 Å². The van der Waals surface area contributed by atoms with E-state index in [1.165, 1.54) is 5.56 Å². The number of fused-ring (bicyclic) bond motifs is 1. The lowest BCUT2D eigenvalue weighted by molar-refractivity contribution is -0.133. The van der Waals surface area contributed by atoms with Gasteiger partial charge in [-0.05, 0) is 48.7 Å². The first-order chi connectivity index (χ1) is 14.5. The predicted octanol–water partition coefficient (Wildman–Crippen LogP) is 3.87. The smallest absolute Gasteiger partial charge is 0.229 e. The first-order valence-corrected chi connectivity index (χ1v) is 10.3. The molecule has 1 aliphatic heterocycles. The highest BCUT2D eigenvalue weighted by atomic mass is 16.5. The van der Waals surface area contributed by atoms with Crippen molar-refractivity contribution in [2.75, 3.05) is 24.6 Å². The van der Waals surface area contributed by atoms with E-state index < -0.39 is 0 Å². The summed E-state index contributed by atoms with van der Waals surface area (Å²) in [5.41, 5.74) is 2.92. The van der Waals surface area contributed by atoms with E-state index in [2.05, 4.69) is 12.1 Å². The highest BCUT2D eigenvalue weighted by molar-refractivity contribution is 5.94. The van der Waals surface area contributed by atoms with E-state index in [0.29, 0.717) is 19.7 Å². The van der Waals surface area contributed by atoms with Gasteiger partial charge in [-0.2, -0.15) is 5.26 Å². The third-order valence-electron chi connectivity index (χ3n) is 5.39. The van der Waals surface area contributed by atoms with Crippen molar-refractivity contribution in [3.05, 3.63) is 59.7 Å². The zero-order chi connectivity index (χ0) is 21.5. The van der Waals surface area contributed by atoms with Crippen LogP contribution >= 0.6 is 0 Å². The number of nitriles is 1. The third kappa shape index (κ3) is 4.80. The topological polar surface area (TPSA) is 73.6 Å². The zero-order valence-electron chi connectivity index (χ0n) is 17.5. The number of amides is 2. The monoisotopic (exact) mass is 405 g/mol. The number of benzene rings is 2. The maximum Gasteiger partial charge on any atom is 0.229 e. The molecule has 6 nitrogen and oxygen atoms in total. The quantitative estimate of drug-likeness (QED) is 0.701. The molecule has 0 saturated carbocycles. The molecule has 0 bridgehead atoms. The lowest BCUT2D eigenvalue weighted by Gasteiger charge is -2.37. The van der Waals surface area contributed by atoms with Crippen molar-refractivity contribution in [3.8, 4) is 11.8 Å². The van der Waals surface area contributed by atoms with E-state index in [1.807, 2.05) is 49.4 Å². The van der Waals surface area contributed by atoms with E-state index in [9.17, 15) is 9.59 Å². The Balaban J connectivity index is 1.87. The van der Waals surface area contributed by atoms with Crippen molar-refractivity contribution < 1.29 is 14.3 Å². The summed E-state index contributed by atoms with van der Waals surface area (Å²) in [7, 11) is 0. The lowest BCUT2D eigenvalue weighted by atomic mass is 9.90. The van der Waals surface area contributed by atoms with Gasteiger partial charge < -0.3 is 14.5 Å². The fourth-order valence-electron chi connectivity index (χ4n) is 3.97. The van der Waals surface area contributed by atoms with Crippen LogP contribution in [-0.4, -0.2) is 36.4 Å². The lowest BCUT2D eigenvalue weighted by Crippen LogP contribution is -2.42. The molecule has 2 aromatic rings. The zero-order valence-corrected chi connectivity index (χ0v) is 17.5. The van der Waals surface area contributed by atoms with Gasteiger partial charge in [0.1, 0.15) is 5.75 Å². The average molecular weight is 405 g/mol. The number of anilines is 1. The minimum atomic E-state index is -0.299. The maximum atomic E-state index is 13.4. The van der Waals surface area contributed by atoms with Crippen molar-refractivity contribution in [2.24, 2.45) is 0 Å². The number of hydrogen-bond acceptors (Lipinski definition) is 4. The SMILES string of the molecule is CCOc1ccc(N(CCC#N)C(=O)CC2c3ccccc3CCN2C(C)=O)cc1. The van der Waals surface area contributed by atoms with Crippen LogP contribution in [-0.2, 0) is 16.0 Å². The van der Waals surface area contributed by atoms with Gasteiger partial charge in [0.05, 0.1) is 31.6 Å². The number of carbonyl (C=O) groups is 2. The van der Waals surface area contributed by atoms with Gasteiger partial charge in [-0.25, -0.2) is 0 Å². The summed E-state index contributed by atoms with van der Waals surface area (Å²) in [6.45, 7) is 4.94. The first kappa shape index (κ1) is 21.4. The van der Waals surface area contributed by atoms with Gasteiger partial charge in [-0.15, -0.1) is 0 Å². The van der Waals surface area contributed by atoms with Crippen LogP contribution in [0, 0.1) is 11.3 Å². The second kappa shape index (κ2) is 9.93. The molecule has 156 valence electrons. The molecule has 2 aromatic carbocycles. The van der Waals surface area contributed by atoms with E-state index in [0.717, 1.165) is 23.4 Å². The number of ether oxygens (including phenoxy) is 1. The molecule has 2 amide bonds. The molecule has 0 fully saturated rings. The fraction of sp³-hybridized carbons (Fsp3) is 0.375. The summed E-state index contributed by atoms with van der Waals surface area (Å²) >= 11 is 0. The Hall–Kier alpha value is -3.33. The summed E-state index contributed by atoms with van der Waals surface area (Å²) in [5.74, 6) is 0.590. The molecule has 6 heteroatoms. The second-order valence-electron chi connectivity index (χ2n) is 7.26. The van der Waals surface area contributed by atoms with Crippen molar-refractivity contribution in [1.82, 2.24) is 4.90 Å². The third-order valence-corrected chi connectivity index (χ3v) is 5.39. The Morgan fingerprint density at radius 2 is 1.93 bits per heavy atom. The van der Waals surface area contributed by atoms with Crippen LogP contribution in [0.15, 0.2) is 48.5 Å². The molecule has 3 rings (SSSR count). The molecule has 0 N–H and O–H groups in total. The van der Waals surface area contributed by atoms with E-state index in [4.69, 9.17) is 10.00 Å². The summed E-state index contributed by atoms with van der Waals surface area (Å²) < 4.78 is 5.48. The van der Waals surface area contributed by atoms with Crippen LogP contribution in [0.1, 0.15) is 43.9 Å². The molecule has 1 aliphatic rings. The van der Waals surface area contributed by atoms with Crippen molar-refractivity contribution in [3.63, 3.8) is 0 Å². The van der Waals surface area contributed by atoms with Crippen molar-refractivity contribution in [1.29, 1.82) is 5.26 Å². The molecule has 1 unspecified atom stereocenters. The number of carbonyl (C=O) groups excluding carboxylic acids is 2. The van der Waals surface area contributed by atoms with Gasteiger partial charge in [0.25, 0.3) is 0 Å². The molecular weight excluding hydrogens is 378 g/mol. The van der Waals surface area contributed by atoms with E-state index in [1.54, 1.807) is 16.7 Å². The molecule has 0 aliphatic carbocycles. The first-order valence-electron chi connectivity index (χ1n) is 10.3. The van der Waals surface area contributed by atoms with E-state index in [-0.39, 0.29) is 30.7 Å². The average Bonchev–Trinajstić information content (AvgIpc) is 2.75. The van der Waals surface area contributed by atoms with Gasteiger partial charge in [-0.3, -0.25) is 9.59 Å². The minimum Gasteiger partial charge on any atom is -0.494 e. The number of nitrogens with zero attached hydrogens (tertiary/aromatic N) is 3. The molecule has 0 radical (unpaired) electrons. The van der Waals surface area contributed by atoms with Crippen molar-refractivity contribution in [2.45, 2.75) is 39.2 Å². The highest BCUT2D eigenvalue weighted by Crippen LogP contribution is 2.33. The Morgan fingerprint density at radius 1 is 1.20 bits per heavy atom. The normalized spacial score (nSPS) is 15.1. The summed E-state index contributed by atoms with van der Waals surface area (Å²) in [6, 6.07) is 17.1. The van der Waals surface area contributed by atoms with Gasteiger partial charge in [0, 0.05) is 25.7 Å². The molecule has 0 spiro atoms. The van der Waals surface area contributed by atoms with Crippen LogP contribution in [0.25, 0.3) is 0 Å². The van der Waals surface area contributed by atoms with E-state index >= 15 is 0 Å². The van der Waals surface area contributed by atoms with Gasteiger partial charge in [-0.1, -0.05) is 24.3 Å². The standard InChI is InChI=1S/C24H27N3O3/c1-3-30-21-11-9-20(10-12-21)27(15-6-14-25)24(29)17-23-22-8-5-4-7-19(22)13-16-26(23)18(2)28/h4-5,7-12,23H,3,6,13,15-17H2,1-2H3. The Labute approximate surface area is 177 Å². The molecule has 0 saturated heterocycles. The van der Waals surface area contributed by atoms with Gasteiger partial charge >= 0.3 is 0 Å². The molecule has 1 heterocycles. The Morgan fingerprint density at radius 3 is 2.60 bits per heavy atom. The predicted molar refractivity (Wildman–Crippen MR) is 115 cm³/mol. The molecule has 30 heavy (non-hydrogen) atoms. The highest BCUT2D eigenvalue weighted by Gasteiger charge is 2.32. The summed E-state index contributed by atoms with van der Waals surface area (Å²) in [5, 5.41) is 9.06. The maximum absolute atomic E-state index is 13.4. The van der Waals surface area contributed by atoms with Crippen LogP contribution in [0.2, 0.25) is 0 Å². The number of hydrogen-bond donors (Lipinski definition) is 0. The van der Waals surface area contributed by atoms with Gasteiger partial charge in [0.15, 0.2) is 0 Å². The summed E-state index contributed by atoms with van der Waals surface area (Å²) in [4.78, 5) is 29.0. The van der Waals surface area contributed by atoms with Crippen LogP contribution in [0.3, 0.4) is 0 Å².